The van der Waals surface area contributed by atoms with Gasteiger partial charge in [-0.3, -0.25) is 9.59 Å². The Morgan fingerprint density at radius 2 is 1.62 bits per heavy atom. The molecule has 4 saturated carbocycles. The summed E-state index contributed by atoms with van der Waals surface area (Å²) >= 11 is 1.44. The van der Waals surface area contributed by atoms with Crippen LogP contribution in [0.15, 0.2) is 47.4 Å². The molecule has 152 valence electrons. The van der Waals surface area contributed by atoms with Crippen molar-refractivity contribution in [3.8, 4) is 0 Å². The highest BCUT2D eigenvalue weighted by atomic mass is 32.2. The first-order chi connectivity index (χ1) is 14.1. The van der Waals surface area contributed by atoms with E-state index in [4.69, 9.17) is 4.74 Å². The number of benzene rings is 2. The average Bonchev–Trinajstić information content (AvgIpc) is 2.69. The number of nitrogens with one attached hydrogen (secondary N) is 1. The number of ether oxygens (including phenoxy) is 1. The summed E-state index contributed by atoms with van der Waals surface area (Å²) in [5.41, 5.74) is -0.0297. The molecule has 1 N–H and O–H groups in total. The number of hydrogen-bond acceptors (Lipinski definition) is 4. The maximum absolute atomic E-state index is 12.5. The molecule has 5 heteroatoms. The van der Waals surface area contributed by atoms with E-state index >= 15 is 0 Å². The van der Waals surface area contributed by atoms with Crippen LogP contribution in [0, 0.1) is 17.8 Å². The first kappa shape index (κ1) is 19.0. The maximum atomic E-state index is 12.5. The molecular formula is C24H27NO3S. The van der Waals surface area contributed by atoms with Crippen LogP contribution in [0.1, 0.15) is 38.5 Å². The predicted molar refractivity (Wildman–Crippen MR) is 115 cm³/mol. The number of rotatable bonds is 6. The first-order valence-corrected chi connectivity index (χ1v) is 11.6. The average molecular weight is 410 g/mol. The summed E-state index contributed by atoms with van der Waals surface area (Å²) in [7, 11) is 0. The number of hydrogen-bond donors (Lipinski definition) is 1. The Hall–Kier alpha value is -2.01. The number of carbonyl (C=O) groups is 2. The van der Waals surface area contributed by atoms with Crippen molar-refractivity contribution in [3.05, 3.63) is 42.5 Å². The summed E-state index contributed by atoms with van der Waals surface area (Å²) in [5.74, 6) is 2.07. The molecule has 4 fully saturated rings. The lowest BCUT2D eigenvalue weighted by Gasteiger charge is -2.56. The molecule has 4 aliphatic rings. The van der Waals surface area contributed by atoms with E-state index in [0.29, 0.717) is 0 Å². The Morgan fingerprint density at radius 1 is 0.966 bits per heavy atom. The topological polar surface area (TPSA) is 55.4 Å². The minimum Gasteiger partial charge on any atom is -0.455 e. The molecule has 4 bridgehead atoms. The monoisotopic (exact) mass is 409 g/mol. The quantitative estimate of drug-likeness (QED) is 0.561. The van der Waals surface area contributed by atoms with Crippen molar-refractivity contribution in [1.82, 2.24) is 5.32 Å². The van der Waals surface area contributed by atoms with E-state index in [1.807, 2.05) is 18.2 Å². The Kier molecular flexibility index (Phi) is 5.02. The maximum Gasteiger partial charge on any atom is 0.316 e. The molecule has 4 aliphatic carbocycles. The van der Waals surface area contributed by atoms with Crippen molar-refractivity contribution < 1.29 is 14.3 Å². The number of esters is 1. The molecule has 0 heterocycles. The van der Waals surface area contributed by atoms with Gasteiger partial charge in [0, 0.05) is 10.4 Å². The molecule has 2 aromatic carbocycles. The van der Waals surface area contributed by atoms with E-state index in [9.17, 15) is 9.59 Å². The van der Waals surface area contributed by atoms with E-state index in [-0.39, 0.29) is 29.8 Å². The van der Waals surface area contributed by atoms with Gasteiger partial charge >= 0.3 is 5.97 Å². The highest BCUT2D eigenvalue weighted by Gasteiger charge is 2.51. The highest BCUT2D eigenvalue weighted by Crippen LogP contribution is 2.55. The normalized spacial score (nSPS) is 29.7. The molecule has 0 saturated heterocycles. The van der Waals surface area contributed by atoms with Gasteiger partial charge in [0.1, 0.15) is 0 Å². The Labute approximate surface area is 175 Å². The van der Waals surface area contributed by atoms with Crippen molar-refractivity contribution in [2.45, 2.75) is 49.0 Å². The molecule has 2 aromatic rings. The van der Waals surface area contributed by atoms with E-state index in [0.717, 1.165) is 47.3 Å². The van der Waals surface area contributed by atoms with Gasteiger partial charge in [0.2, 0.25) is 0 Å². The predicted octanol–water partition coefficient (Wildman–Crippen LogP) is 4.56. The Morgan fingerprint density at radius 3 is 2.31 bits per heavy atom. The molecule has 29 heavy (non-hydrogen) atoms. The van der Waals surface area contributed by atoms with Crippen LogP contribution < -0.4 is 5.32 Å². The Bertz CT molecular complexity index is 905. The SMILES string of the molecule is O=C(COC(=O)CSc1ccc2ccccc2c1)NC12CC3CC(CC(C3)C1)C2. The fraction of sp³-hybridized carbons (Fsp3) is 0.500. The molecule has 1 amide bonds. The third-order valence-electron chi connectivity index (χ3n) is 6.88. The van der Waals surface area contributed by atoms with E-state index < -0.39 is 0 Å². The van der Waals surface area contributed by atoms with Crippen molar-refractivity contribution in [3.63, 3.8) is 0 Å². The molecule has 0 aliphatic heterocycles. The van der Waals surface area contributed by atoms with E-state index in [2.05, 4.69) is 29.6 Å². The fourth-order valence-electron chi connectivity index (χ4n) is 6.18. The number of amides is 1. The second-order valence-corrected chi connectivity index (χ2v) is 10.3. The van der Waals surface area contributed by atoms with Crippen LogP contribution in [0.25, 0.3) is 10.8 Å². The van der Waals surface area contributed by atoms with Crippen LogP contribution in [0.2, 0.25) is 0 Å². The molecule has 0 unspecified atom stereocenters. The summed E-state index contributed by atoms with van der Waals surface area (Å²) in [4.78, 5) is 25.6. The third kappa shape index (κ3) is 4.16. The lowest BCUT2D eigenvalue weighted by atomic mass is 9.53. The van der Waals surface area contributed by atoms with Gasteiger partial charge in [0.05, 0.1) is 5.75 Å². The minimum absolute atomic E-state index is 0.0297. The largest absolute Gasteiger partial charge is 0.455 e. The van der Waals surface area contributed by atoms with Crippen molar-refractivity contribution >= 4 is 34.4 Å². The lowest BCUT2D eigenvalue weighted by Crippen LogP contribution is -2.60. The summed E-state index contributed by atoms with van der Waals surface area (Å²) in [5, 5.41) is 5.59. The second kappa shape index (κ2) is 7.67. The standard InChI is InChI=1S/C24H27NO3S/c26-22(25-24-11-16-7-17(12-24)9-18(8-16)13-24)14-28-23(27)15-29-21-6-5-19-3-1-2-4-20(19)10-21/h1-6,10,16-18H,7-9,11-15H2,(H,25,26). The first-order valence-electron chi connectivity index (χ1n) is 10.7. The van der Waals surface area contributed by atoms with Crippen molar-refractivity contribution in [2.75, 3.05) is 12.4 Å². The molecule has 0 spiro atoms. The molecule has 0 radical (unpaired) electrons. The van der Waals surface area contributed by atoms with Gasteiger partial charge in [-0.25, -0.2) is 0 Å². The van der Waals surface area contributed by atoms with Crippen LogP contribution in [-0.4, -0.2) is 29.8 Å². The second-order valence-electron chi connectivity index (χ2n) is 9.20. The zero-order valence-electron chi connectivity index (χ0n) is 16.6. The summed E-state index contributed by atoms with van der Waals surface area (Å²) < 4.78 is 5.26. The number of thioether (sulfide) groups is 1. The highest BCUT2D eigenvalue weighted by molar-refractivity contribution is 8.00. The van der Waals surface area contributed by atoms with Crippen LogP contribution >= 0.6 is 11.8 Å². The number of carbonyl (C=O) groups excluding carboxylic acids is 2. The van der Waals surface area contributed by atoms with Crippen LogP contribution in [0.5, 0.6) is 0 Å². The zero-order chi connectivity index (χ0) is 19.8. The molecule has 6 rings (SSSR count). The van der Waals surface area contributed by atoms with E-state index in [1.165, 1.54) is 36.4 Å². The van der Waals surface area contributed by atoms with Gasteiger partial charge in [-0.05, 0) is 79.2 Å². The van der Waals surface area contributed by atoms with Gasteiger partial charge in [0.15, 0.2) is 6.61 Å². The molecule has 4 nitrogen and oxygen atoms in total. The molecule has 0 atom stereocenters. The van der Waals surface area contributed by atoms with Gasteiger partial charge in [-0.2, -0.15) is 0 Å². The molecule has 0 aromatic heterocycles. The minimum atomic E-state index is -0.344. The van der Waals surface area contributed by atoms with Gasteiger partial charge in [0.25, 0.3) is 5.91 Å². The van der Waals surface area contributed by atoms with Crippen LogP contribution in [0.4, 0.5) is 0 Å². The van der Waals surface area contributed by atoms with Crippen molar-refractivity contribution in [2.24, 2.45) is 17.8 Å². The van der Waals surface area contributed by atoms with E-state index in [1.54, 1.807) is 0 Å². The van der Waals surface area contributed by atoms with Crippen LogP contribution in [0.3, 0.4) is 0 Å². The summed E-state index contributed by atoms with van der Waals surface area (Å²) in [6.07, 6.45) is 7.35. The van der Waals surface area contributed by atoms with Gasteiger partial charge in [-0.15, -0.1) is 11.8 Å². The van der Waals surface area contributed by atoms with Gasteiger partial charge in [-0.1, -0.05) is 30.3 Å². The number of fused-ring (bicyclic) bond motifs is 1. The molecular weight excluding hydrogens is 382 g/mol. The fourth-order valence-corrected chi connectivity index (χ4v) is 6.93. The lowest BCUT2D eigenvalue weighted by molar-refractivity contribution is -0.147. The zero-order valence-corrected chi connectivity index (χ0v) is 17.4. The third-order valence-corrected chi connectivity index (χ3v) is 7.85. The Balaban J connectivity index is 1.09. The summed E-state index contributed by atoms with van der Waals surface area (Å²) in [6.45, 7) is -0.168. The summed E-state index contributed by atoms with van der Waals surface area (Å²) in [6, 6.07) is 14.3. The van der Waals surface area contributed by atoms with Crippen LogP contribution in [-0.2, 0) is 14.3 Å². The van der Waals surface area contributed by atoms with Crippen molar-refractivity contribution in [1.29, 1.82) is 0 Å². The van der Waals surface area contributed by atoms with Gasteiger partial charge < -0.3 is 10.1 Å². The smallest absolute Gasteiger partial charge is 0.316 e.